The van der Waals surface area contributed by atoms with E-state index < -0.39 is 6.10 Å². The highest BCUT2D eigenvalue weighted by Gasteiger charge is 2.12. The average molecular weight is 462 g/mol. The van der Waals surface area contributed by atoms with E-state index in [1.165, 1.54) is 10.1 Å². The lowest BCUT2D eigenvalue weighted by atomic mass is 10.2. The number of aliphatic hydroxyl groups excluding tert-OH is 1. The van der Waals surface area contributed by atoms with Gasteiger partial charge in [0, 0.05) is 36.3 Å². The first-order valence-electron chi connectivity index (χ1n) is 7.93. The van der Waals surface area contributed by atoms with Crippen molar-refractivity contribution in [2.24, 2.45) is 4.99 Å². The lowest BCUT2D eigenvalue weighted by Crippen LogP contribution is -2.42. The molecule has 0 amide bonds. The summed E-state index contributed by atoms with van der Waals surface area (Å²) in [4.78, 5) is 7.39. The van der Waals surface area contributed by atoms with Crippen LogP contribution in [-0.2, 0) is 0 Å². The van der Waals surface area contributed by atoms with Crippen LogP contribution in [0.3, 0.4) is 0 Å². The molecule has 24 heavy (non-hydrogen) atoms. The zero-order chi connectivity index (χ0) is 16.7. The van der Waals surface area contributed by atoms with Crippen LogP contribution >= 0.6 is 35.3 Å². The van der Waals surface area contributed by atoms with Crippen LogP contribution in [0.4, 0.5) is 0 Å². The number of hydrogen-bond donors (Lipinski definition) is 3. The molecule has 3 N–H and O–H groups in total. The summed E-state index contributed by atoms with van der Waals surface area (Å²) in [7, 11) is 3.83. The Labute approximate surface area is 165 Å². The van der Waals surface area contributed by atoms with Crippen LogP contribution in [0, 0.1) is 0 Å². The summed E-state index contributed by atoms with van der Waals surface area (Å²) in [6, 6.07) is 10.2. The van der Waals surface area contributed by atoms with Crippen molar-refractivity contribution in [3.8, 4) is 0 Å². The maximum absolute atomic E-state index is 10.4. The van der Waals surface area contributed by atoms with E-state index in [0.717, 1.165) is 30.5 Å². The van der Waals surface area contributed by atoms with Gasteiger partial charge in [-0.25, -0.2) is 0 Å². The number of nitrogens with one attached hydrogen (secondary N) is 2. The van der Waals surface area contributed by atoms with Gasteiger partial charge in [-0.3, -0.25) is 4.99 Å². The maximum atomic E-state index is 10.4. The molecule has 0 aliphatic heterocycles. The monoisotopic (exact) mass is 462 g/mol. The number of benzene rings is 1. The summed E-state index contributed by atoms with van der Waals surface area (Å²) < 4.78 is 1.20. The molecule has 0 spiro atoms. The molecule has 134 valence electrons. The predicted octanol–water partition coefficient (Wildman–Crippen LogP) is 2.67. The van der Waals surface area contributed by atoms with Gasteiger partial charge in [0.2, 0.25) is 0 Å². The minimum Gasteiger partial charge on any atom is -0.386 e. The van der Waals surface area contributed by atoms with E-state index in [1.54, 1.807) is 18.4 Å². The Hall–Kier alpha value is -0.900. The normalized spacial score (nSPS) is 13.0. The van der Waals surface area contributed by atoms with Gasteiger partial charge in [0.25, 0.3) is 0 Å². The van der Waals surface area contributed by atoms with Crippen LogP contribution in [0.15, 0.2) is 35.3 Å². The van der Waals surface area contributed by atoms with Gasteiger partial charge in [0.15, 0.2) is 5.96 Å². The summed E-state index contributed by atoms with van der Waals surface area (Å²) in [5, 5.41) is 18.0. The number of rotatable bonds is 7. The molecule has 1 heterocycles. The van der Waals surface area contributed by atoms with E-state index in [4.69, 9.17) is 0 Å². The van der Waals surface area contributed by atoms with Crippen molar-refractivity contribution in [2.45, 2.75) is 13.0 Å². The first-order chi connectivity index (χ1) is 11.1. The highest BCUT2D eigenvalue weighted by molar-refractivity contribution is 14.0. The van der Waals surface area contributed by atoms with Crippen LogP contribution in [0.25, 0.3) is 10.1 Å². The lowest BCUT2D eigenvalue weighted by molar-refractivity contribution is 0.184. The van der Waals surface area contributed by atoms with Crippen molar-refractivity contribution in [3.63, 3.8) is 0 Å². The number of thiophene rings is 1. The lowest BCUT2D eigenvalue weighted by Gasteiger charge is -2.17. The Kier molecular flexibility index (Phi) is 9.57. The molecule has 2 aromatic rings. The van der Waals surface area contributed by atoms with Gasteiger partial charge in [-0.1, -0.05) is 25.1 Å². The number of fused-ring (bicyclic) bond motifs is 1. The second kappa shape index (κ2) is 10.9. The molecule has 7 heteroatoms. The third-order valence-corrected chi connectivity index (χ3v) is 5.00. The van der Waals surface area contributed by atoms with Gasteiger partial charge in [-0.05, 0) is 31.1 Å². The van der Waals surface area contributed by atoms with Crippen LogP contribution in [0.5, 0.6) is 0 Å². The standard InChI is InChI=1S/C17H26N4OS.HI/c1-4-21(3)10-9-19-17(18-2)20-12-14(22)16-11-13-7-5-6-8-15(13)23-16;/h5-8,11,14,22H,4,9-10,12H2,1-3H3,(H2,18,19,20);1H. The molecular formula is C17H27IN4OS. The van der Waals surface area contributed by atoms with Crippen molar-refractivity contribution in [2.75, 3.05) is 40.3 Å². The van der Waals surface area contributed by atoms with Crippen LogP contribution in [0.1, 0.15) is 17.9 Å². The van der Waals surface area contributed by atoms with E-state index in [0.29, 0.717) is 6.54 Å². The number of guanidine groups is 1. The fraction of sp³-hybridized carbons (Fsp3) is 0.471. The third-order valence-electron chi connectivity index (χ3n) is 3.79. The smallest absolute Gasteiger partial charge is 0.191 e. The Morgan fingerprint density at radius 2 is 2.08 bits per heavy atom. The SMILES string of the molecule is CCN(C)CCNC(=NC)NCC(O)c1cc2ccccc2s1.I. The van der Waals surface area contributed by atoms with Gasteiger partial charge in [-0.2, -0.15) is 0 Å². The molecule has 0 saturated carbocycles. The van der Waals surface area contributed by atoms with E-state index in [-0.39, 0.29) is 24.0 Å². The number of aliphatic hydroxyl groups is 1. The molecule has 1 aromatic heterocycles. The maximum Gasteiger partial charge on any atom is 0.191 e. The molecular weight excluding hydrogens is 435 g/mol. The van der Waals surface area contributed by atoms with Crippen molar-refractivity contribution in [1.82, 2.24) is 15.5 Å². The summed E-state index contributed by atoms with van der Waals surface area (Å²) in [6.45, 7) is 5.38. The average Bonchev–Trinajstić information content (AvgIpc) is 3.01. The van der Waals surface area contributed by atoms with Crippen LogP contribution in [-0.4, -0.2) is 56.2 Å². The molecule has 0 radical (unpaired) electrons. The molecule has 0 aliphatic carbocycles. The van der Waals surface area contributed by atoms with Crippen LogP contribution in [0.2, 0.25) is 0 Å². The molecule has 0 saturated heterocycles. The second-order valence-corrected chi connectivity index (χ2v) is 6.59. The number of likely N-dealkylation sites (N-methyl/N-ethyl adjacent to an activating group) is 1. The number of hydrogen-bond acceptors (Lipinski definition) is 4. The van der Waals surface area contributed by atoms with Gasteiger partial charge >= 0.3 is 0 Å². The molecule has 0 bridgehead atoms. The van der Waals surface area contributed by atoms with E-state index in [1.807, 2.05) is 12.1 Å². The molecule has 1 atom stereocenters. The van der Waals surface area contributed by atoms with E-state index in [9.17, 15) is 5.11 Å². The van der Waals surface area contributed by atoms with E-state index >= 15 is 0 Å². The zero-order valence-corrected chi connectivity index (χ0v) is 17.6. The fourth-order valence-electron chi connectivity index (χ4n) is 2.20. The van der Waals surface area contributed by atoms with Gasteiger partial charge in [0.1, 0.15) is 6.10 Å². The minimum absolute atomic E-state index is 0. The summed E-state index contributed by atoms with van der Waals surface area (Å²) in [5.74, 6) is 0.717. The van der Waals surface area contributed by atoms with Crippen molar-refractivity contribution in [1.29, 1.82) is 0 Å². The van der Waals surface area contributed by atoms with Crippen LogP contribution < -0.4 is 10.6 Å². The van der Waals surface area contributed by atoms with E-state index in [2.05, 4.69) is 52.7 Å². The Morgan fingerprint density at radius 1 is 1.33 bits per heavy atom. The molecule has 0 aliphatic rings. The highest BCUT2D eigenvalue weighted by atomic mass is 127. The Balaban J connectivity index is 0.00000288. The van der Waals surface area contributed by atoms with Crippen molar-refractivity contribution >= 4 is 51.4 Å². The molecule has 0 fully saturated rings. The van der Waals surface area contributed by atoms with Gasteiger partial charge in [0.05, 0.1) is 0 Å². The number of aliphatic imine (C=N–C) groups is 1. The molecule has 2 rings (SSSR count). The first-order valence-corrected chi connectivity index (χ1v) is 8.75. The zero-order valence-electron chi connectivity index (χ0n) is 14.5. The molecule has 1 aromatic carbocycles. The quantitative estimate of drug-likeness (QED) is 0.337. The fourth-order valence-corrected chi connectivity index (χ4v) is 3.26. The number of halogens is 1. The third kappa shape index (κ3) is 6.19. The largest absolute Gasteiger partial charge is 0.386 e. The topological polar surface area (TPSA) is 59.9 Å². The summed E-state index contributed by atoms with van der Waals surface area (Å²) in [5.41, 5.74) is 0. The first kappa shape index (κ1) is 21.1. The predicted molar refractivity (Wildman–Crippen MR) is 115 cm³/mol. The summed E-state index contributed by atoms with van der Waals surface area (Å²) in [6.07, 6.45) is -0.538. The van der Waals surface area contributed by atoms with Crippen molar-refractivity contribution in [3.05, 3.63) is 35.2 Å². The van der Waals surface area contributed by atoms with Crippen molar-refractivity contribution < 1.29 is 5.11 Å². The molecule has 5 nitrogen and oxygen atoms in total. The second-order valence-electron chi connectivity index (χ2n) is 5.48. The Morgan fingerprint density at radius 3 is 2.75 bits per heavy atom. The molecule has 1 unspecified atom stereocenters. The van der Waals surface area contributed by atoms with Gasteiger partial charge < -0.3 is 20.6 Å². The summed E-state index contributed by atoms with van der Waals surface area (Å²) >= 11 is 1.63. The Bertz CT molecular complexity index is 613. The number of nitrogens with zero attached hydrogens (tertiary/aromatic N) is 2. The minimum atomic E-state index is -0.538. The highest BCUT2D eigenvalue weighted by Crippen LogP contribution is 2.29. The van der Waals surface area contributed by atoms with Gasteiger partial charge in [-0.15, -0.1) is 35.3 Å².